The third-order valence-electron chi connectivity index (χ3n) is 3.48. The summed E-state index contributed by atoms with van der Waals surface area (Å²) in [5.41, 5.74) is 12.5. The summed E-state index contributed by atoms with van der Waals surface area (Å²) in [6.07, 6.45) is 1.82. The SMILES string of the molecule is COc1ccc(C(N)CCCC(N)=O)c2ccccc12. The van der Waals surface area contributed by atoms with Gasteiger partial charge in [-0.25, -0.2) is 0 Å². The van der Waals surface area contributed by atoms with Crippen molar-refractivity contribution in [2.75, 3.05) is 7.11 Å². The topological polar surface area (TPSA) is 78.3 Å². The van der Waals surface area contributed by atoms with Crippen LogP contribution in [0, 0.1) is 0 Å². The predicted molar refractivity (Wildman–Crippen MR) is 80.5 cm³/mol. The first-order valence-electron chi connectivity index (χ1n) is 6.73. The minimum absolute atomic E-state index is 0.106. The molecule has 0 heterocycles. The van der Waals surface area contributed by atoms with Crippen molar-refractivity contribution in [3.8, 4) is 5.75 Å². The molecule has 0 aliphatic rings. The molecule has 0 radical (unpaired) electrons. The molecule has 1 atom stereocenters. The van der Waals surface area contributed by atoms with Gasteiger partial charge in [-0.15, -0.1) is 0 Å². The van der Waals surface area contributed by atoms with Crippen molar-refractivity contribution in [1.82, 2.24) is 0 Å². The van der Waals surface area contributed by atoms with Crippen LogP contribution in [0.1, 0.15) is 30.9 Å². The van der Waals surface area contributed by atoms with Crippen molar-refractivity contribution in [3.63, 3.8) is 0 Å². The van der Waals surface area contributed by atoms with Crippen LogP contribution in [0.3, 0.4) is 0 Å². The monoisotopic (exact) mass is 272 g/mol. The lowest BCUT2D eigenvalue weighted by atomic mass is 9.95. The standard InChI is InChI=1S/C16H20N2O2/c1-20-15-10-9-12(11-5-2-3-6-13(11)15)14(17)7-4-8-16(18)19/h2-3,5-6,9-10,14H,4,7-8,17H2,1H3,(H2,18,19). The number of hydrogen-bond donors (Lipinski definition) is 2. The molecule has 1 unspecified atom stereocenters. The number of carbonyl (C=O) groups excluding carboxylic acids is 1. The van der Waals surface area contributed by atoms with Gasteiger partial charge in [0, 0.05) is 17.8 Å². The molecule has 0 saturated carbocycles. The summed E-state index contributed by atoms with van der Waals surface area (Å²) >= 11 is 0. The number of primary amides is 1. The molecule has 0 aliphatic carbocycles. The van der Waals surface area contributed by atoms with Crippen molar-refractivity contribution in [1.29, 1.82) is 0 Å². The molecule has 4 heteroatoms. The maximum absolute atomic E-state index is 10.8. The van der Waals surface area contributed by atoms with Gasteiger partial charge >= 0.3 is 0 Å². The van der Waals surface area contributed by atoms with Gasteiger partial charge in [0.1, 0.15) is 5.75 Å². The maximum Gasteiger partial charge on any atom is 0.217 e. The first kappa shape index (κ1) is 14.3. The Morgan fingerprint density at radius 2 is 1.90 bits per heavy atom. The van der Waals surface area contributed by atoms with Crippen LogP contribution < -0.4 is 16.2 Å². The van der Waals surface area contributed by atoms with E-state index in [4.69, 9.17) is 16.2 Å². The van der Waals surface area contributed by atoms with Gasteiger partial charge < -0.3 is 16.2 Å². The van der Waals surface area contributed by atoms with Crippen molar-refractivity contribution in [2.24, 2.45) is 11.5 Å². The van der Waals surface area contributed by atoms with E-state index < -0.39 is 0 Å². The summed E-state index contributed by atoms with van der Waals surface area (Å²) in [6.45, 7) is 0. The van der Waals surface area contributed by atoms with E-state index in [1.165, 1.54) is 0 Å². The van der Waals surface area contributed by atoms with Crippen molar-refractivity contribution < 1.29 is 9.53 Å². The van der Waals surface area contributed by atoms with E-state index in [-0.39, 0.29) is 11.9 Å². The zero-order valence-corrected chi connectivity index (χ0v) is 11.6. The number of carbonyl (C=O) groups is 1. The van der Waals surface area contributed by atoms with E-state index in [9.17, 15) is 4.79 Å². The molecule has 1 amide bonds. The summed E-state index contributed by atoms with van der Waals surface area (Å²) < 4.78 is 5.37. The molecule has 2 aromatic carbocycles. The quantitative estimate of drug-likeness (QED) is 0.848. The van der Waals surface area contributed by atoms with Crippen LogP contribution in [-0.2, 0) is 4.79 Å². The van der Waals surface area contributed by atoms with Crippen LogP contribution in [0.15, 0.2) is 36.4 Å². The highest BCUT2D eigenvalue weighted by molar-refractivity contribution is 5.91. The fourth-order valence-corrected chi connectivity index (χ4v) is 2.45. The van der Waals surface area contributed by atoms with E-state index >= 15 is 0 Å². The van der Waals surface area contributed by atoms with Gasteiger partial charge in [-0.2, -0.15) is 0 Å². The Labute approximate surface area is 118 Å². The predicted octanol–water partition coefficient (Wildman–Crippen LogP) is 2.50. The molecule has 0 aliphatic heterocycles. The minimum Gasteiger partial charge on any atom is -0.496 e. The minimum atomic E-state index is -0.281. The van der Waals surface area contributed by atoms with Crippen molar-refractivity contribution in [2.45, 2.75) is 25.3 Å². The molecule has 0 spiro atoms. The molecule has 106 valence electrons. The fraction of sp³-hybridized carbons (Fsp3) is 0.312. The second-order valence-corrected chi connectivity index (χ2v) is 4.87. The van der Waals surface area contributed by atoms with E-state index in [1.807, 2.05) is 36.4 Å². The molecule has 4 nitrogen and oxygen atoms in total. The van der Waals surface area contributed by atoms with Crippen LogP contribution in [0.2, 0.25) is 0 Å². The number of methoxy groups -OCH3 is 1. The van der Waals surface area contributed by atoms with Gasteiger partial charge in [0.2, 0.25) is 5.91 Å². The molecule has 2 rings (SSSR count). The lowest BCUT2D eigenvalue weighted by Gasteiger charge is -2.16. The summed E-state index contributed by atoms with van der Waals surface area (Å²) in [6, 6.07) is 11.9. The van der Waals surface area contributed by atoms with Crippen LogP contribution in [0.5, 0.6) is 5.75 Å². The average molecular weight is 272 g/mol. The molecular weight excluding hydrogens is 252 g/mol. The summed E-state index contributed by atoms with van der Waals surface area (Å²) in [7, 11) is 1.66. The van der Waals surface area contributed by atoms with Gasteiger partial charge in [0.05, 0.1) is 7.11 Å². The number of amides is 1. The van der Waals surface area contributed by atoms with Crippen LogP contribution >= 0.6 is 0 Å². The van der Waals surface area contributed by atoms with E-state index in [0.29, 0.717) is 12.8 Å². The fourth-order valence-electron chi connectivity index (χ4n) is 2.45. The normalized spacial score (nSPS) is 12.3. The van der Waals surface area contributed by atoms with Gasteiger partial charge in [-0.05, 0) is 29.9 Å². The number of fused-ring (bicyclic) bond motifs is 1. The second-order valence-electron chi connectivity index (χ2n) is 4.87. The number of ether oxygens (including phenoxy) is 1. The highest BCUT2D eigenvalue weighted by Crippen LogP contribution is 2.32. The van der Waals surface area contributed by atoms with Crippen molar-refractivity contribution in [3.05, 3.63) is 42.0 Å². The third-order valence-corrected chi connectivity index (χ3v) is 3.48. The molecule has 0 bridgehead atoms. The Morgan fingerprint density at radius 1 is 1.20 bits per heavy atom. The largest absolute Gasteiger partial charge is 0.496 e. The molecule has 0 saturated heterocycles. The van der Waals surface area contributed by atoms with Gasteiger partial charge in [0.25, 0.3) is 0 Å². The maximum atomic E-state index is 10.8. The van der Waals surface area contributed by atoms with E-state index in [1.54, 1.807) is 7.11 Å². The number of hydrogen-bond acceptors (Lipinski definition) is 3. The third kappa shape index (κ3) is 3.08. The lowest BCUT2D eigenvalue weighted by Crippen LogP contribution is -2.14. The molecular formula is C16H20N2O2. The highest BCUT2D eigenvalue weighted by atomic mass is 16.5. The number of rotatable bonds is 6. The van der Waals surface area contributed by atoms with Gasteiger partial charge in [-0.3, -0.25) is 4.79 Å². The molecule has 4 N–H and O–H groups in total. The zero-order chi connectivity index (χ0) is 14.5. The van der Waals surface area contributed by atoms with Crippen molar-refractivity contribution >= 4 is 16.7 Å². The van der Waals surface area contributed by atoms with Crippen LogP contribution in [0.25, 0.3) is 10.8 Å². The summed E-state index contributed by atoms with van der Waals surface area (Å²) in [4.78, 5) is 10.8. The first-order valence-corrected chi connectivity index (χ1v) is 6.73. The number of benzene rings is 2. The Morgan fingerprint density at radius 3 is 2.55 bits per heavy atom. The Balaban J connectivity index is 2.28. The average Bonchev–Trinajstić information content (AvgIpc) is 2.45. The van der Waals surface area contributed by atoms with Gasteiger partial charge in [0.15, 0.2) is 0 Å². The second kappa shape index (κ2) is 6.39. The molecule has 0 aromatic heterocycles. The Bertz CT molecular complexity index is 610. The Hall–Kier alpha value is -2.07. The zero-order valence-electron chi connectivity index (χ0n) is 11.6. The van der Waals surface area contributed by atoms with E-state index in [2.05, 4.69) is 0 Å². The lowest BCUT2D eigenvalue weighted by molar-refractivity contribution is -0.118. The van der Waals surface area contributed by atoms with Crippen LogP contribution in [0.4, 0.5) is 0 Å². The molecule has 2 aromatic rings. The van der Waals surface area contributed by atoms with Crippen LogP contribution in [-0.4, -0.2) is 13.0 Å². The summed E-state index contributed by atoms with van der Waals surface area (Å²) in [5.74, 6) is 0.561. The molecule has 20 heavy (non-hydrogen) atoms. The highest BCUT2D eigenvalue weighted by Gasteiger charge is 2.12. The summed E-state index contributed by atoms with van der Waals surface area (Å²) in [5, 5.41) is 2.15. The first-order chi connectivity index (χ1) is 9.63. The van der Waals surface area contributed by atoms with Gasteiger partial charge in [-0.1, -0.05) is 30.3 Å². The molecule has 0 fully saturated rings. The Kier molecular flexibility index (Phi) is 4.58. The van der Waals surface area contributed by atoms with E-state index in [0.717, 1.165) is 28.5 Å². The smallest absolute Gasteiger partial charge is 0.217 e. The number of nitrogens with two attached hydrogens (primary N) is 2.